The number of hydrogen-bond donors (Lipinski definition) is 1. The van der Waals surface area contributed by atoms with Gasteiger partial charge < -0.3 is 5.73 Å². The summed E-state index contributed by atoms with van der Waals surface area (Å²) in [4.78, 5) is 0.679. The van der Waals surface area contributed by atoms with Crippen molar-refractivity contribution in [3.63, 3.8) is 0 Å². The van der Waals surface area contributed by atoms with E-state index in [-0.39, 0.29) is 11.3 Å². The van der Waals surface area contributed by atoms with Gasteiger partial charge in [-0.05, 0) is 23.8 Å². The van der Waals surface area contributed by atoms with Crippen molar-refractivity contribution in [2.75, 3.05) is 0 Å². The van der Waals surface area contributed by atoms with E-state index in [2.05, 4.69) is 0 Å². The standard InChI is InChI=1S/C15H15F2NS/c1-10(15(18)11-5-3-2-4-6-11)19-12-7-8-13(16)14(17)9-12/h2-10,15H,18H2,1H3. The third-order valence-electron chi connectivity index (χ3n) is 2.90. The first-order chi connectivity index (χ1) is 9.08. The summed E-state index contributed by atoms with van der Waals surface area (Å²) >= 11 is 1.44. The Hall–Kier alpha value is -1.39. The van der Waals surface area contributed by atoms with Crippen LogP contribution in [0.25, 0.3) is 0 Å². The van der Waals surface area contributed by atoms with Crippen molar-refractivity contribution in [3.8, 4) is 0 Å². The van der Waals surface area contributed by atoms with E-state index in [9.17, 15) is 8.78 Å². The highest BCUT2D eigenvalue weighted by molar-refractivity contribution is 8.00. The zero-order valence-corrected chi connectivity index (χ0v) is 11.3. The molecule has 0 aliphatic rings. The molecule has 0 aromatic heterocycles. The monoisotopic (exact) mass is 279 g/mol. The van der Waals surface area contributed by atoms with Crippen molar-refractivity contribution >= 4 is 11.8 Å². The number of rotatable bonds is 4. The maximum Gasteiger partial charge on any atom is 0.159 e. The first-order valence-corrected chi connectivity index (χ1v) is 6.88. The summed E-state index contributed by atoms with van der Waals surface area (Å²) in [5.74, 6) is -1.66. The Bertz CT molecular complexity index is 545. The predicted octanol–water partition coefficient (Wildman–Crippen LogP) is 4.15. The number of halogens is 2. The van der Waals surface area contributed by atoms with E-state index in [4.69, 9.17) is 5.73 Å². The second-order valence-corrected chi connectivity index (χ2v) is 5.79. The molecule has 2 atom stereocenters. The van der Waals surface area contributed by atoms with E-state index in [0.717, 1.165) is 11.6 Å². The van der Waals surface area contributed by atoms with Crippen molar-refractivity contribution in [1.82, 2.24) is 0 Å². The summed E-state index contributed by atoms with van der Waals surface area (Å²) in [6.45, 7) is 1.98. The van der Waals surface area contributed by atoms with Crippen molar-refractivity contribution in [3.05, 3.63) is 65.7 Å². The molecule has 0 bridgehead atoms. The van der Waals surface area contributed by atoms with Gasteiger partial charge in [0, 0.05) is 16.2 Å². The summed E-state index contributed by atoms with van der Waals surface area (Å²) in [7, 11) is 0. The number of benzene rings is 2. The van der Waals surface area contributed by atoms with Crippen molar-refractivity contribution in [2.24, 2.45) is 5.73 Å². The van der Waals surface area contributed by atoms with Crippen LogP contribution in [0.15, 0.2) is 53.4 Å². The topological polar surface area (TPSA) is 26.0 Å². The van der Waals surface area contributed by atoms with E-state index >= 15 is 0 Å². The Kier molecular flexibility index (Phi) is 4.56. The van der Waals surface area contributed by atoms with Crippen molar-refractivity contribution in [2.45, 2.75) is 23.1 Å². The van der Waals surface area contributed by atoms with Gasteiger partial charge in [0.15, 0.2) is 11.6 Å². The van der Waals surface area contributed by atoms with Crippen LogP contribution in [0.4, 0.5) is 8.78 Å². The van der Waals surface area contributed by atoms with Crippen LogP contribution in [0.5, 0.6) is 0 Å². The largest absolute Gasteiger partial charge is 0.323 e. The van der Waals surface area contributed by atoms with Gasteiger partial charge in [0.1, 0.15) is 0 Å². The third-order valence-corrected chi connectivity index (χ3v) is 4.09. The van der Waals surface area contributed by atoms with Crippen LogP contribution >= 0.6 is 11.8 Å². The van der Waals surface area contributed by atoms with Crippen LogP contribution in [-0.4, -0.2) is 5.25 Å². The Labute approximate surface area is 115 Å². The van der Waals surface area contributed by atoms with Crippen molar-refractivity contribution in [1.29, 1.82) is 0 Å². The van der Waals surface area contributed by atoms with Crippen LogP contribution in [0, 0.1) is 11.6 Å². The molecule has 0 radical (unpaired) electrons. The smallest absolute Gasteiger partial charge is 0.159 e. The normalized spacial score (nSPS) is 14.1. The summed E-state index contributed by atoms with van der Waals surface area (Å²) in [6, 6.07) is 13.5. The zero-order valence-electron chi connectivity index (χ0n) is 10.5. The van der Waals surface area contributed by atoms with Gasteiger partial charge in [0.25, 0.3) is 0 Å². The maximum absolute atomic E-state index is 13.1. The molecular weight excluding hydrogens is 264 g/mol. The number of nitrogens with two attached hydrogens (primary N) is 1. The first-order valence-electron chi connectivity index (χ1n) is 6.00. The quantitative estimate of drug-likeness (QED) is 0.851. The minimum Gasteiger partial charge on any atom is -0.323 e. The van der Waals surface area contributed by atoms with Crippen molar-refractivity contribution < 1.29 is 8.78 Å². The van der Waals surface area contributed by atoms with Crippen LogP contribution in [0.2, 0.25) is 0 Å². The summed E-state index contributed by atoms with van der Waals surface area (Å²) in [5, 5.41) is 0.0623. The van der Waals surface area contributed by atoms with E-state index < -0.39 is 11.6 Å². The Balaban J connectivity index is 2.08. The van der Waals surface area contributed by atoms with Gasteiger partial charge in [0.05, 0.1) is 0 Å². The van der Waals surface area contributed by atoms with E-state index in [1.165, 1.54) is 17.8 Å². The lowest BCUT2D eigenvalue weighted by Crippen LogP contribution is -2.20. The molecule has 0 aliphatic carbocycles. The predicted molar refractivity (Wildman–Crippen MR) is 75.0 cm³/mol. The molecular formula is C15H15F2NS. The Morgan fingerprint density at radius 2 is 1.68 bits per heavy atom. The van der Waals surface area contributed by atoms with Gasteiger partial charge in [-0.15, -0.1) is 11.8 Å². The second-order valence-electron chi connectivity index (χ2n) is 4.34. The molecule has 2 unspecified atom stereocenters. The number of hydrogen-bond acceptors (Lipinski definition) is 2. The van der Waals surface area contributed by atoms with E-state index in [1.807, 2.05) is 37.3 Å². The summed E-state index contributed by atoms with van der Waals surface area (Å²) in [5.41, 5.74) is 7.20. The van der Waals surface area contributed by atoms with Gasteiger partial charge in [-0.1, -0.05) is 37.3 Å². The molecule has 2 aromatic carbocycles. The average Bonchev–Trinajstić information content (AvgIpc) is 2.43. The maximum atomic E-state index is 13.1. The molecule has 2 aromatic rings. The Morgan fingerprint density at radius 1 is 1.00 bits per heavy atom. The van der Waals surface area contributed by atoms with Gasteiger partial charge in [-0.2, -0.15) is 0 Å². The Morgan fingerprint density at radius 3 is 2.32 bits per heavy atom. The molecule has 0 saturated carbocycles. The van der Waals surface area contributed by atoms with Gasteiger partial charge in [-0.3, -0.25) is 0 Å². The lowest BCUT2D eigenvalue weighted by Gasteiger charge is -2.19. The first kappa shape index (κ1) is 14.0. The molecule has 0 amide bonds. The fraction of sp³-hybridized carbons (Fsp3) is 0.200. The van der Waals surface area contributed by atoms with Gasteiger partial charge in [0.2, 0.25) is 0 Å². The number of thioether (sulfide) groups is 1. The summed E-state index contributed by atoms with van der Waals surface area (Å²) < 4.78 is 26.0. The molecule has 2 rings (SSSR count). The molecule has 0 heterocycles. The minimum absolute atomic E-state index is 0.0623. The van der Waals surface area contributed by atoms with Crippen LogP contribution in [-0.2, 0) is 0 Å². The molecule has 0 spiro atoms. The SMILES string of the molecule is CC(Sc1ccc(F)c(F)c1)C(N)c1ccccc1. The second kappa shape index (κ2) is 6.17. The lowest BCUT2D eigenvalue weighted by atomic mass is 10.1. The minimum atomic E-state index is -0.829. The zero-order chi connectivity index (χ0) is 13.8. The van der Waals surface area contributed by atoms with Gasteiger partial charge >= 0.3 is 0 Å². The highest BCUT2D eigenvalue weighted by Crippen LogP contribution is 2.31. The average molecular weight is 279 g/mol. The molecule has 0 aliphatic heterocycles. The summed E-state index contributed by atoms with van der Waals surface area (Å²) in [6.07, 6.45) is 0. The highest BCUT2D eigenvalue weighted by atomic mass is 32.2. The van der Waals surface area contributed by atoms with Crippen LogP contribution in [0.1, 0.15) is 18.5 Å². The third kappa shape index (κ3) is 3.55. The molecule has 19 heavy (non-hydrogen) atoms. The fourth-order valence-electron chi connectivity index (χ4n) is 1.78. The van der Waals surface area contributed by atoms with Crippen LogP contribution in [0.3, 0.4) is 0 Å². The molecule has 2 N–H and O–H groups in total. The van der Waals surface area contributed by atoms with E-state index in [1.54, 1.807) is 6.07 Å². The molecule has 1 nitrogen and oxygen atoms in total. The molecule has 0 fully saturated rings. The molecule has 4 heteroatoms. The van der Waals surface area contributed by atoms with E-state index in [0.29, 0.717) is 4.90 Å². The lowest BCUT2D eigenvalue weighted by molar-refractivity contribution is 0.506. The fourth-order valence-corrected chi connectivity index (χ4v) is 2.84. The van der Waals surface area contributed by atoms with Gasteiger partial charge in [-0.25, -0.2) is 8.78 Å². The molecule has 100 valence electrons. The van der Waals surface area contributed by atoms with Crippen LogP contribution < -0.4 is 5.73 Å². The molecule has 0 saturated heterocycles. The highest BCUT2D eigenvalue weighted by Gasteiger charge is 2.16.